The maximum absolute atomic E-state index is 11.6. The van der Waals surface area contributed by atoms with Crippen molar-refractivity contribution in [1.82, 2.24) is 20.5 Å². The molecule has 0 aliphatic heterocycles. The van der Waals surface area contributed by atoms with Crippen LogP contribution in [0.15, 0.2) is 46.0 Å². The number of carbonyl (C=O) groups excluding carboxylic acids is 1. The monoisotopic (exact) mass is 329 g/mol. The summed E-state index contributed by atoms with van der Waals surface area (Å²) in [7, 11) is 3.43. The molecular weight excluding hydrogens is 306 g/mol. The minimum Gasteiger partial charge on any atom is -0.444 e. The van der Waals surface area contributed by atoms with Crippen molar-refractivity contribution >= 4 is 11.9 Å². The van der Waals surface area contributed by atoms with Crippen molar-refractivity contribution < 1.29 is 9.21 Å². The largest absolute Gasteiger partial charge is 0.444 e. The van der Waals surface area contributed by atoms with E-state index in [1.54, 1.807) is 20.4 Å². The number of aliphatic imine (C=N–C) groups is 1. The summed E-state index contributed by atoms with van der Waals surface area (Å²) in [4.78, 5) is 22.0. The zero-order valence-electron chi connectivity index (χ0n) is 14.2. The van der Waals surface area contributed by atoms with Crippen LogP contribution in [0, 0.1) is 0 Å². The van der Waals surface area contributed by atoms with Crippen LogP contribution in [0.2, 0.25) is 0 Å². The van der Waals surface area contributed by atoms with Crippen LogP contribution in [0.3, 0.4) is 0 Å². The number of guanidine groups is 1. The fourth-order valence-electron chi connectivity index (χ4n) is 1.91. The van der Waals surface area contributed by atoms with E-state index >= 15 is 0 Å². The number of hydrogen-bond acceptors (Lipinski definition) is 4. The van der Waals surface area contributed by atoms with E-state index < -0.39 is 0 Å². The molecule has 0 bridgehead atoms. The number of rotatable bonds is 6. The molecule has 2 rings (SSSR count). The van der Waals surface area contributed by atoms with Gasteiger partial charge in [-0.15, -0.1) is 0 Å². The third kappa shape index (κ3) is 5.12. The third-order valence-electron chi connectivity index (χ3n) is 3.22. The zero-order chi connectivity index (χ0) is 17.4. The standard InChI is InChI=1S/C17H23N5O2/c1-4-18-17(20-11-15(23)22(2)3)19-10-14-12-24-16(21-14)13-8-6-5-7-9-13/h5-9,12H,4,10-11H2,1-3H3,(H2,18,19,20). The van der Waals surface area contributed by atoms with Crippen molar-refractivity contribution in [1.29, 1.82) is 0 Å². The van der Waals surface area contributed by atoms with Gasteiger partial charge in [0, 0.05) is 26.2 Å². The van der Waals surface area contributed by atoms with E-state index in [1.807, 2.05) is 37.3 Å². The molecule has 2 N–H and O–H groups in total. The molecular formula is C17H23N5O2. The van der Waals surface area contributed by atoms with Gasteiger partial charge in [-0.2, -0.15) is 0 Å². The molecule has 0 saturated carbocycles. The van der Waals surface area contributed by atoms with E-state index in [4.69, 9.17) is 4.42 Å². The summed E-state index contributed by atoms with van der Waals surface area (Å²) in [5.41, 5.74) is 1.65. The lowest BCUT2D eigenvalue weighted by Crippen LogP contribution is -2.42. The minimum absolute atomic E-state index is 0.0200. The number of nitrogens with zero attached hydrogens (tertiary/aromatic N) is 3. The first kappa shape index (κ1) is 17.5. The SMILES string of the molecule is CCNC(=NCc1coc(-c2ccccc2)n1)NCC(=O)N(C)C. The summed E-state index contributed by atoms with van der Waals surface area (Å²) in [6.07, 6.45) is 1.60. The third-order valence-corrected chi connectivity index (χ3v) is 3.22. The van der Waals surface area contributed by atoms with Crippen LogP contribution in [0.25, 0.3) is 11.5 Å². The molecule has 0 saturated heterocycles. The van der Waals surface area contributed by atoms with Crippen molar-refractivity contribution in [3.63, 3.8) is 0 Å². The van der Waals surface area contributed by atoms with Gasteiger partial charge in [0.15, 0.2) is 5.96 Å². The molecule has 7 heteroatoms. The normalized spacial score (nSPS) is 11.2. The summed E-state index contributed by atoms with van der Waals surface area (Å²) in [6.45, 7) is 3.22. The van der Waals surface area contributed by atoms with Crippen LogP contribution >= 0.6 is 0 Å². The Morgan fingerprint density at radius 2 is 2.00 bits per heavy atom. The Labute approximate surface area is 141 Å². The van der Waals surface area contributed by atoms with Crippen LogP contribution in [0.5, 0.6) is 0 Å². The Kier molecular flexibility index (Phi) is 6.36. The van der Waals surface area contributed by atoms with E-state index in [0.29, 0.717) is 24.9 Å². The van der Waals surface area contributed by atoms with Gasteiger partial charge in [-0.25, -0.2) is 9.98 Å². The van der Waals surface area contributed by atoms with Crippen LogP contribution < -0.4 is 10.6 Å². The van der Waals surface area contributed by atoms with Gasteiger partial charge in [-0.3, -0.25) is 4.79 Å². The van der Waals surface area contributed by atoms with E-state index in [0.717, 1.165) is 11.3 Å². The number of likely N-dealkylation sites (N-methyl/N-ethyl adjacent to an activating group) is 1. The quantitative estimate of drug-likeness (QED) is 0.620. The first-order valence-electron chi connectivity index (χ1n) is 7.82. The predicted molar refractivity (Wildman–Crippen MR) is 93.5 cm³/mol. The summed E-state index contributed by atoms with van der Waals surface area (Å²) >= 11 is 0. The Morgan fingerprint density at radius 3 is 2.67 bits per heavy atom. The molecule has 0 radical (unpaired) electrons. The van der Waals surface area contributed by atoms with Crippen molar-refractivity contribution in [2.24, 2.45) is 4.99 Å². The molecule has 0 spiro atoms. The minimum atomic E-state index is -0.0200. The molecule has 0 aliphatic rings. The first-order valence-corrected chi connectivity index (χ1v) is 7.82. The van der Waals surface area contributed by atoms with Crippen molar-refractivity contribution in [2.75, 3.05) is 27.2 Å². The Bertz CT molecular complexity index is 679. The Balaban J connectivity index is 1.98. The van der Waals surface area contributed by atoms with E-state index in [-0.39, 0.29) is 12.5 Å². The maximum atomic E-state index is 11.6. The lowest BCUT2D eigenvalue weighted by atomic mass is 10.2. The molecule has 1 heterocycles. The highest BCUT2D eigenvalue weighted by atomic mass is 16.3. The van der Waals surface area contributed by atoms with Gasteiger partial charge in [0.25, 0.3) is 0 Å². The molecule has 1 aromatic heterocycles. The zero-order valence-corrected chi connectivity index (χ0v) is 14.2. The average molecular weight is 329 g/mol. The predicted octanol–water partition coefficient (Wildman–Crippen LogP) is 1.48. The Morgan fingerprint density at radius 1 is 1.25 bits per heavy atom. The smallest absolute Gasteiger partial charge is 0.241 e. The van der Waals surface area contributed by atoms with Crippen molar-refractivity contribution in [3.8, 4) is 11.5 Å². The molecule has 24 heavy (non-hydrogen) atoms. The van der Waals surface area contributed by atoms with Gasteiger partial charge in [-0.1, -0.05) is 18.2 Å². The number of aromatic nitrogens is 1. The van der Waals surface area contributed by atoms with E-state index in [2.05, 4.69) is 20.6 Å². The number of hydrogen-bond donors (Lipinski definition) is 2. The summed E-state index contributed by atoms with van der Waals surface area (Å²) < 4.78 is 5.49. The molecule has 0 aliphatic carbocycles. The van der Waals surface area contributed by atoms with Gasteiger partial charge >= 0.3 is 0 Å². The highest BCUT2D eigenvalue weighted by molar-refractivity contribution is 5.86. The van der Waals surface area contributed by atoms with Crippen molar-refractivity contribution in [2.45, 2.75) is 13.5 Å². The van der Waals surface area contributed by atoms with Crippen LogP contribution in [0.4, 0.5) is 0 Å². The van der Waals surface area contributed by atoms with Crippen LogP contribution in [0.1, 0.15) is 12.6 Å². The first-order chi connectivity index (χ1) is 11.6. The summed E-state index contributed by atoms with van der Waals surface area (Å²) in [5, 5.41) is 6.10. The molecule has 1 aromatic carbocycles. The Hall–Kier alpha value is -2.83. The molecule has 0 fully saturated rings. The second-order valence-corrected chi connectivity index (χ2v) is 5.35. The van der Waals surface area contributed by atoms with E-state index in [1.165, 1.54) is 4.90 Å². The maximum Gasteiger partial charge on any atom is 0.241 e. The number of nitrogens with one attached hydrogen (secondary N) is 2. The molecule has 0 unspecified atom stereocenters. The number of oxazole rings is 1. The summed E-state index contributed by atoms with van der Waals surface area (Å²) in [5.74, 6) is 1.12. The molecule has 7 nitrogen and oxygen atoms in total. The van der Waals surface area contributed by atoms with Gasteiger partial charge in [0.05, 0.1) is 13.1 Å². The number of benzene rings is 1. The fourth-order valence-corrected chi connectivity index (χ4v) is 1.91. The second kappa shape index (κ2) is 8.71. The molecule has 128 valence electrons. The lowest BCUT2D eigenvalue weighted by Gasteiger charge is -2.13. The highest BCUT2D eigenvalue weighted by Gasteiger charge is 2.08. The second-order valence-electron chi connectivity index (χ2n) is 5.35. The highest BCUT2D eigenvalue weighted by Crippen LogP contribution is 2.18. The van der Waals surface area contributed by atoms with Gasteiger partial charge < -0.3 is 20.0 Å². The number of carbonyl (C=O) groups is 1. The van der Waals surface area contributed by atoms with E-state index in [9.17, 15) is 4.79 Å². The van der Waals surface area contributed by atoms with Crippen LogP contribution in [-0.2, 0) is 11.3 Å². The molecule has 2 aromatic rings. The average Bonchev–Trinajstić information content (AvgIpc) is 3.06. The van der Waals surface area contributed by atoms with Crippen molar-refractivity contribution in [3.05, 3.63) is 42.3 Å². The molecule has 1 amide bonds. The lowest BCUT2D eigenvalue weighted by molar-refractivity contribution is -0.127. The number of amides is 1. The summed E-state index contributed by atoms with van der Waals surface area (Å²) in [6, 6.07) is 9.70. The van der Waals surface area contributed by atoms with Crippen LogP contribution in [-0.4, -0.2) is 48.9 Å². The molecule has 0 atom stereocenters. The van der Waals surface area contributed by atoms with Gasteiger partial charge in [0.1, 0.15) is 12.0 Å². The van der Waals surface area contributed by atoms with Gasteiger partial charge in [0.2, 0.25) is 11.8 Å². The fraction of sp³-hybridized carbons (Fsp3) is 0.353. The topological polar surface area (TPSA) is 82.8 Å². The van der Waals surface area contributed by atoms with Gasteiger partial charge in [-0.05, 0) is 19.1 Å².